The molecule has 0 aliphatic heterocycles. The van der Waals surface area contributed by atoms with Gasteiger partial charge in [-0.2, -0.15) is 0 Å². The fourth-order valence-corrected chi connectivity index (χ4v) is 1.09. The molecular formula is C9H11N3O3. The average molecular weight is 209 g/mol. The lowest BCUT2D eigenvalue weighted by molar-refractivity contribution is -0.114. The van der Waals surface area contributed by atoms with Crippen LogP contribution in [0.25, 0.3) is 0 Å². The summed E-state index contributed by atoms with van der Waals surface area (Å²) in [6.07, 6.45) is 0. The Morgan fingerprint density at radius 1 is 1.40 bits per heavy atom. The third-order valence-corrected chi connectivity index (χ3v) is 1.72. The number of carbonyl (C=O) groups excluding carboxylic acids is 2. The molecule has 0 aliphatic rings. The lowest BCUT2D eigenvalue weighted by atomic mass is 10.1. The summed E-state index contributed by atoms with van der Waals surface area (Å²) < 4.78 is 0. The Labute approximate surface area is 86.0 Å². The Bertz CT molecular complexity index is 404. The molecule has 6 heteroatoms. The van der Waals surface area contributed by atoms with Crippen LogP contribution < -0.4 is 16.5 Å². The minimum Gasteiger partial charge on any atom is -0.398 e. The van der Waals surface area contributed by atoms with Gasteiger partial charge in [0, 0.05) is 18.3 Å². The van der Waals surface area contributed by atoms with E-state index in [1.165, 1.54) is 24.5 Å². The number of hydroxylamine groups is 1. The highest BCUT2D eigenvalue weighted by Gasteiger charge is 2.09. The summed E-state index contributed by atoms with van der Waals surface area (Å²) in [5, 5.41) is 10.9. The molecule has 0 fully saturated rings. The number of nitrogens with two attached hydrogens (primary N) is 1. The fourth-order valence-electron chi connectivity index (χ4n) is 1.09. The van der Waals surface area contributed by atoms with Gasteiger partial charge >= 0.3 is 0 Å². The summed E-state index contributed by atoms with van der Waals surface area (Å²) in [7, 11) is 0. The van der Waals surface area contributed by atoms with E-state index in [-0.39, 0.29) is 17.2 Å². The minimum atomic E-state index is -0.722. The number of anilines is 2. The van der Waals surface area contributed by atoms with Crippen molar-refractivity contribution >= 4 is 23.2 Å². The molecule has 0 saturated heterocycles. The predicted molar refractivity (Wildman–Crippen MR) is 54.4 cm³/mol. The SMILES string of the molecule is CC(=O)Nc1ccc(N)c(C(=O)NO)c1. The predicted octanol–water partition coefficient (Wildman–Crippen LogP) is 0.346. The number of hydrogen-bond donors (Lipinski definition) is 4. The fraction of sp³-hybridized carbons (Fsp3) is 0.111. The van der Waals surface area contributed by atoms with Crippen molar-refractivity contribution in [3.63, 3.8) is 0 Å². The lowest BCUT2D eigenvalue weighted by Gasteiger charge is -2.07. The van der Waals surface area contributed by atoms with Gasteiger partial charge in [-0.15, -0.1) is 0 Å². The Hall–Kier alpha value is -2.08. The van der Waals surface area contributed by atoms with Gasteiger partial charge in [0.2, 0.25) is 5.91 Å². The first kappa shape index (κ1) is 11.0. The van der Waals surface area contributed by atoms with Gasteiger partial charge in [-0.25, -0.2) is 5.48 Å². The molecule has 0 aromatic heterocycles. The van der Waals surface area contributed by atoms with E-state index >= 15 is 0 Å². The minimum absolute atomic E-state index is 0.101. The van der Waals surface area contributed by atoms with Crippen LogP contribution >= 0.6 is 0 Å². The zero-order valence-electron chi connectivity index (χ0n) is 8.07. The summed E-state index contributed by atoms with van der Waals surface area (Å²) in [5.74, 6) is -0.977. The van der Waals surface area contributed by atoms with E-state index in [0.29, 0.717) is 5.69 Å². The van der Waals surface area contributed by atoms with Crippen LogP contribution in [0.2, 0.25) is 0 Å². The number of hydrogen-bond acceptors (Lipinski definition) is 4. The summed E-state index contributed by atoms with van der Waals surface area (Å²) in [4.78, 5) is 21.9. The standard InChI is InChI=1S/C9H11N3O3/c1-5(13)11-6-2-3-8(10)7(4-6)9(14)12-15/h2-4,15H,10H2,1H3,(H,11,13)(H,12,14). The zero-order chi connectivity index (χ0) is 11.4. The van der Waals surface area contributed by atoms with E-state index in [9.17, 15) is 9.59 Å². The molecule has 0 unspecified atom stereocenters. The molecule has 1 aromatic rings. The van der Waals surface area contributed by atoms with Crippen molar-refractivity contribution in [3.8, 4) is 0 Å². The molecule has 0 radical (unpaired) electrons. The Morgan fingerprint density at radius 2 is 2.07 bits per heavy atom. The van der Waals surface area contributed by atoms with Gasteiger partial charge in [0.1, 0.15) is 0 Å². The van der Waals surface area contributed by atoms with Crippen molar-refractivity contribution in [2.45, 2.75) is 6.92 Å². The Kier molecular flexibility index (Phi) is 3.25. The first-order chi connectivity index (χ1) is 7.04. The molecule has 1 rings (SSSR count). The quantitative estimate of drug-likeness (QED) is 0.320. The van der Waals surface area contributed by atoms with Crippen molar-refractivity contribution in [3.05, 3.63) is 23.8 Å². The van der Waals surface area contributed by atoms with Crippen molar-refractivity contribution in [2.24, 2.45) is 0 Å². The molecule has 80 valence electrons. The van der Waals surface area contributed by atoms with E-state index in [1.807, 2.05) is 0 Å². The maximum absolute atomic E-state index is 11.1. The largest absolute Gasteiger partial charge is 0.398 e. The van der Waals surface area contributed by atoms with Crippen LogP contribution in [-0.4, -0.2) is 17.0 Å². The molecule has 2 amide bonds. The Balaban J connectivity index is 3.05. The first-order valence-corrected chi connectivity index (χ1v) is 4.16. The lowest BCUT2D eigenvalue weighted by Crippen LogP contribution is -2.20. The van der Waals surface area contributed by atoms with Crippen molar-refractivity contribution in [1.29, 1.82) is 0 Å². The number of rotatable bonds is 2. The monoisotopic (exact) mass is 209 g/mol. The first-order valence-electron chi connectivity index (χ1n) is 4.16. The molecule has 0 heterocycles. The van der Waals surface area contributed by atoms with Crippen molar-refractivity contribution < 1.29 is 14.8 Å². The topological polar surface area (TPSA) is 104 Å². The van der Waals surface area contributed by atoms with Gasteiger partial charge in [0.25, 0.3) is 5.91 Å². The van der Waals surface area contributed by atoms with E-state index in [2.05, 4.69) is 5.32 Å². The highest BCUT2D eigenvalue weighted by molar-refractivity contribution is 6.00. The van der Waals surface area contributed by atoms with Gasteiger partial charge in [0.05, 0.1) is 5.56 Å². The molecular weight excluding hydrogens is 198 g/mol. The average Bonchev–Trinajstić information content (AvgIpc) is 2.19. The summed E-state index contributed by atoms with van der Waals surface area (Å²) in [6, 6.07) is 4.41. The summed E-state index contributed by atoms with van der Waals surface area (Å²) in [5.41, 5.74) is 7.74. The van der Waals surface area contributed by atoms with Gasteiger partial charge < -0.3 is 11.1 Å². The molecule has 0 bridgehead atoms. The molecule has 0 atom stereocenters. The Morgan fingerprint density at radius 3 is 2.60 bits per heavy atom. The number of nitrogen functional groups attached to an aromatic ring is 1. The van der Waals surface area contributed by atoms with E-state index in [0.717, 1.165) is 0 Å². The van der Waals surface area contributed by atoms with Crippen LogP contribution in [0.1, 0.15) is 17.3 Å². The second-order valence-electron chi connectivity index (χ2n) is 2.92. The smallest absolute Gasteiger partial charge is 0.276 e. The zero-order valence-corrected chi connectivity index (χ0v) is 8.07. The summed E-state index contributed by atoms with van der Waals surface area (Å²) in [6.45, 7) is 1.35. The van der Waals surface area contributed by atoms with Crippen molar-refractivity contribution in [1.82, 2.24) is 5.48 Å². The van der Waals surface area contributed by atoms with E-state index < -0.39 is 5.91 Å². The van der Waals surface area contributed by atoms with Crippen LogP contribution in [0.15, 0.2) is 18.2 Å². The molecule has 0 aliphatic carbocycles. The molecule has 1 aromatic carbocycles. The molecule has 15 heavy (non-hydrogen) atoms. The van der Waals surface area contributed by atoms with Gasteiger partial charge in [0.15, 0.2) is 0 Å². The maximum Gasteiger partial charge on any atom is 0.276 e. The number of nitrogens with one attached hydrogen (secondary N) is 2. The second kappa shape index (κ2) is 4.43. The third-order valence-electron chi connectivity index (χ3n) is 1.72. The van der Waals surface area contributed by atoms with E-state index in [4.69, 9.17) is 10.9 Å². The van der Waals surface area contributed by atoms with Crippen LogP contribution in [0, 0.1) is 0 Å². The third kappa shape index (κ3) is 2.68. The maximum atomic E-state index is 11.1. The number of amides is 2. The van der Waals surface area contributed by atoms with Gasteiger partial charge in [-0.05, 0) is 18.2 Å². The number of carbonyl (C=O) groups is 2. The normalized spacial score (nSPS) is 9.47. The molecule has 0 spiro atoms. The van der Waals surface area contributed by atoms with Crippen LogP contribution in [-0.2, 0) is 4.79 Å². The molecule has 5 N–H and O–H groups in total. The summed E-state index contributed by atoms with van der Waals surface area (Å²) >= 11 is 0. The molecule has 0 saturated carbocycles. The van der Waals surface area contributed by atoms with E-state index in [1.54, 1.807) is 6.07 Å². The van der Waals surface area contributed by atoms with Gasteiger partial charge in [-0.1, -0.05) is 0 Å². The van der Waals surface area contributed by atoms with Crippen molar-refractivity contribution in [2.75, 3.05) is 11.1 Å². The molecule has 6 nitrogen and oxygen atoms in total. The second-order valence-corrected chi connectivity index (χ2v) is 2.92. The highest BCUT2D eigenvalue weighted by atomic mass is 16.5. The van der Waals surface area contributed by atoms with Gasteiger partial charge in [-0.3, -0.25) is 14.8 Å². The highest BCUT2D eigenvalue weighted by Crippen LogP contribution is 2.17. The number of benzene rings is 1. The van der Waals surface area contributed by atoms with Crippen LogP contribution in [0.5, 0.6) is 0 Å². The van der Waals surface area contributed by atoms with Crippen LogP contribution in [0.4, 0.5) is 11.4 Å². The van der Waals surface area contributed by atoms with Crippen LogP contribution in [0.3, 0.4) is 0 Å².